The first kappa shape index (κ1) is 24.6. The molecule has 0 radical (unpaired) electrons. The van der Waals surface area contributed by atoms with Crippen LogP contribution in [0, 0.1) is 5.92 Å². The van der Waals surface area contributed by atoms with Crippen molar-refractivity contribution in [3.8, 4) is 0 Å². The normalized spacial score (nSPS) is 13.1. The topological polar surface area (TPSA) is 109 Å². The minimum absolute atomic E-state index is 0.0410. The van der Waals surface area contributed by atoms with Crippen molar-refractivity contribution < 1.29 is 22.4 Å². The van der Waals surface area contributed by atoms with Crippen molar-refractivity contribution >= 4 is 21.8 Å². The van der Waals surface area contributed by atoms with Gasteiger partial charge < -0.3 is 14.6 Å². The molecule has 0 fully saturated rings. The zero-order valence-corrected chi connectivity index (χ0v) is 19.4. The van der Waals surface area contributed by atoms with Gasteiger partial charge in [0.15, 0.2) is 0 Å². The molecule has 2 aromatic rings. The van der Waals surface area contributed by atoms with Gasteiger partial charge in [0.05, 0.1) is 24.2 Å². The van der Waals surface area contributed by atoms with Gasteiger partial charge in [-0.1, -0.05) is 32.0 Å². The fourth-order valence-corrected chi connectivity index (χ4v) is 4.10. The molecular weight excluding hydrogens is 418 g/mol. The molecule has 9 heteroatoms. The van der Waals surface area contributed by atoms with Crippen molar-refractivity contribution in [2.24, 2.45) is 5.92 Å². The molecule has 1 atom stereocenters. The second kappa shape index (κ2) is 10.1. The van der Waals surface area contributed by atoms with E-state index < -0.39 is 34.1 Å². The lowest BCUT2D eigenvalue weighted by atomic mass is 9.99. The van der Waals surface area contributed by atoms with Crippen LogP contribution in [0.1, 0.15) is 40.4 Å². The van der Waals surface area contributed by atoms with E-state index in [1.54, 1.807) is 30.3 Å². The fourth-order valence-electron chi connectivity index (χ4n) is 3.10. The zero-order chi connectivity index (χ0) is 23.2. The van der Waals surface area contributed by atoms with Crippen LogP contribution in [-0.4, -0.2) is 43.3 Å². The monoisotopic (exact) mass is 449 g/mol. The highest BCUT2D eigenvalue weighted by molar-refractivity contribution is 7.89. The highest BCUT2D eigenvalue weighted by Crippen LogP contribution is 2.18. The van der Waals surface area contributed by atoms with E-state index in [-0.39, 0.29) is 23.3 Å². The van der Waals surface area contributed by atoms with Gasteiger partial charge in [0.25, 0.3) is 0 Å². The molecule has 1 aromatic heterocycles. The van der Waals surface area contributed by atoms with Crippen LogP contribution >= 0.6 is 0 Å². The van der Waals surface area contributed by atoms with E-state index in [4.69, 9.17) is 4.42 Å². The quantitative estimate of drug-likeness (QED) is 0.611. The molecule has 0 aliphatic carbocycles. The third kappa shape index (κ3) is 7.22. The average molecular weight is 450 g/mol. The summed E-state index contributed by atoms with van der Waals surface area (Å²) in [4.78, 5) is 27.6. The lowest BCUT2D eigenvalue weighted by molar-refractivity contribution is -0.143. The van der Waals surface area contributed by atoms with Gasteiger partial charge in [0.1, 0.15) is 11.8 Å². The molecule has 0 bridgehead atoms. The van der Waals surface area contributed by atoms with Gasteiger partial charge in [-0.3, -0.25) is 9.59 Å². The highest BCUT2D eigenvalue weighted by Gasteiger charge is 2.35. The van der Waals surface area contributed by atoms with E-state index >= 15 is 0 Å². The van der Waals surface area contributed by atoms with Gasteiger partial charge >= 0.3 is 0 Å². The SMILES string of the molecule is CC(C)[C@@H](C(=O)NC(C)(C)C)N(Cc1ccco1)C(=O)CNS(=O)(=O)c1ccccc1. The van der Waals surface area contributed by atoms with Gasteiger partial charge in [0, 0.05) is 5.54 Å². The molecule has 1 heterocycles. The van der Waals surface area contributed by atoms with Crippen LogP contribution in [-0.2, 0) is 26.2 Å². The van der Waals surface area contributed by atoms with Crippen molar-refractivity contribution in [3.63, 3.8) is 0 Å². The average Bonchev–Trinajstić information content (AvgIpc) is 3.18. The molecule has 0 aliphatic heterocycles. The summed E-state index contributed by atoms with van der Waals surface area (Å²) < 4.78 is 32.8. The first-order valence-corrected chi connectivity index (χ1v) is 11.6. The zero-order valence-electron chi connectivity index (χ0n) is 18.6. The summed E-state index contributed by atoms with van der Waals surface area (Å²) in [7, 11) is -3.87. The maximum absolute atomic E-state index is 13.1. The molecule has 0 aliphatic rings. The predicted octanol–water partition coefficient (Wildman–Crippen LogP) is 2.53. The van der Waals surface area contributed by atoms with Crippen LogP contribution in [0.3, 0.4) is 0 Å². The van der Waals surface area contributed by atoms with E-state index in [0.717, 1.165) is 0 Å². The number of hydrogen-bond acceptors (Lipinski definition) is 5. The lowest BCUT2D eigenvalue weighted by Crippen LogP contribution is -2.57. The second-order valence-electron chi connectivity index (χ2n) is 8.67. The first-order chi connectivity index (χ1) is 14.4. The number of furan rings is 1. The minimum Gasteiger partial charge on any atom is -0.467 e. The van der Waals surface area contributed by atoms with E-state index in [9.17, 15) is 18.0 Å². The Labute approximate surface area is 184 Å². The van der Waals surface area contributed by atoms with Gasteiger partial charge in [-0.2, -0.15) is 0 Å². The molecule has 2 amide bonds. The molecular formula is C22H31N3O5S. The van der Waals surface area contributed by atoms with Crippen LogP contribution in [0.4, 0.5) is 0 Å². The molecule has 31 heavy (non-hydrogen) atoms. The molecule has 1 aromatic carbocycles. The first-order valence-electron chi connectivity index (χ1n) is 10.1. The largest absolute Gasteiger partial charge is 0.467 e. The Morgan fingerprint density at radius 2 is 1.71 bits per heavy atom. The Hall–Kier alpha value is -2.65. The fraction of sp³-hybridized carbons (Fsp3) is 0.455. The predicted molar refractivity (Wildman–Crippen MR) is 117 cm³/mol. The maximum atomic E-state index is 13.1. The third-order valence-electron chi connectivity index (χ3n) is 4.43. The standard InChI is InChI=1S/C22H31N3O5S/c1-16(2)20(21(27)24-22(3,4)5)25(15-17-10-9-13-30-17)19(26)14-23-31(28,29)18-11-7-6-8-12-18/h6-13,16,20,23H,14-15H2,1-5H3,(H,24,27)/t20-/m0/s1. The summed E-state index contributed by atoms with van der Waals surface area (Å²) in [6.45, 7) is 8.80. The van der Waals surface area contributed by atoms with E-state index in [2.05, 4.69) is 10.0 Å². The molecule has 0 unspecified atom stereocenters. The van der Waals surface area contributed by atoms with Crippen molar-refractivity contribution in [2.45, 2.75) is 57.6 Å². The lowest BCUT2D eigenvalue weighted by Gasteiger charge is -2.35. The van der Waals surface area contributed by atoms with E-state index in [0.29, 0.717) is 5.76 Å². The van der Waals surface area contributed by atoms with Crippen molar-refractivity contribution in [1.82, 2.24) is 14.9 Å². The van der Waals surface area contributed by atoms with Crippen LogP contribution in [0.5, 0.6) is 0 Å². The number of benzene rings is 1. The van der Waals surface area contributed by atoms with Crippen molar-refractivity contribution in [1.29, 1.82) is 0 Å². The minimum atomic E-state index is -3.87. The number of carbonyl (C=O) groups is 2. The van der Waals surface area contributed by atoms with Crippen LogP contribution < -0.4 is 10.0 Å². The molecule has 8 nitrogen and oxygen atoms in total. The molecule has 0 saturated carbocycles. The number of nitrogens with one attached hydrogen (secondary N) is 2. The number of hydrogen-bond donors (Lipinski definition) is 2. The van der Waals surface area contributed by atoms with Crippen molar-refractivity contribution in [3.05, 3.63) is 54.5 Å². The smallest absolute Gasteiger partial charge is 0.243 e. The molecule has 2 rings (SSSR count). The third-order valence-corrected chi connectivity index (χ3v) is 5.84. The number of rotatable bonds is 9. The number of amides is 2. The summed E-state index contributed by atoms with van der Waals surface area (Å²) in [5.74, 6) is -0.563. The second-order valence-corrected chi connectivity index (χ2v) is 10.4. The summed E-state index contributed by atoms with van der Waals surface area (Å²) in [5, 5.41) is 2.91. The molecule has 2 N–H and O–H groups in total. The number of sulfonamides is 1. The van der Waals surface area contributed by atoms with Crippen LogP contribution in [0.2, 0.25) is 0 Å². The Kier molecular flexibility index (Phi) is 8.02. The Balaban J connectivity index is 2.27. The van der Waals surface area contributed by atoms with Crippen molar-refractivity contribution in [2.75, 3.05) is 6.54 Å². The number of nitrogens with zero attached hydrogens (tertiary/aromatic N) is 1. The summed E-state index contributed by atoms with van der Waals surface area (Å²) in [5.41, 5.74) is -0.488. The van der Waals surface area contributed by atoms with Gasteiger partial charge in [0.2, 0.25) is 21.8 Å². The van der Waals surface area contributed by atoms with Gasteiger partial charge in [-0.25, -0.2) is 13.1 Å². The molecule has 0 saturated heterocycles. The highest BCUT2D eigenvalue weighted by atomic mass is 32.2. The van der Waals surface area contributed by atoms with Gasteiger partial charge in [-0.15, -0.1) is 0 Å². The summed E-state index contributed by atoms with van der Waals surface area (Å²) >= 11 is 0. The molecule has 0 spiro atoms. The molecule has 170 valence electrons. The maximum Gasteiger partial charge on any atom is 0.243 e. The van der Waals surface area contributed by atoms with Crippen LogP contribution in [0.15, 0.2) is 58.0 Å². The van der Waals surface area contributed by atoms with Crippen LogP contribution in [0.25, 0.3) is 0 Å². The Morgan fingerprint density at radius 1 is 1.06 bits per heavy atom. The summed E-state index contributed by atoms with van der Waals surface area (Å²) in [6.07, 6.45) is 1.48. The van der Waals surface area contributed by atoms with E-state index in [1.165, 1.54) is 23.3 Å². The number of carbonyl (C=O) groups excluding carboxylic acids is 2. The Morgan fingerprint density at radius 3 is 2.23 bits per heavy atom. The Bertz CT molecular complexity index is 964. The van der Waals surface area contributed by atoms with Gasteiger partial charge in [-0.05, 0) is 51.0 Å². The summed E-state index contributed by atoms with van der Waals surface area (Å²) in [6, 6.07) is 10.4. The van der Waals surface area contributed by atoms with E-state index in [1.807, 2.05) is 34.6 Å².